The van der Waals surface area contributed by atoms with Crippen molar-refractivity contribution in [3.05, 3.63) is 59.4 Å². The van der Waals surface area contributed by atoms with Crippen molar-refractivity contribution in [2.24, 2.45) is 4.99 Å². The fraction of sp³-hybridized carbons (Fsp3) is 0.318. The SMILES string of the molecule is Cc1ccc(C(=NCC2CCCO2)NO)c(Oc2cccc3ccc(C)nc23)n1. The van der Waals surface area contributed by atoms with Crippen LogP contribution in [0.2, 0.25) is 0 Å². The molecule has 2 aromatic heterocycles. The number of para-hydroxylation sites is 1. The van der Waals surface area contributed by atoms with Crippen LogP contribution >= 0.6 is 0 Å². The average Bonchev–Trinajstić information content (AvgIpc) is 3.24. The Balaban J connectivity index is 1.70. The van der Waals surface area contributed by atoms with Gasteiger partial charge in [0.2, 0.25) is 5.88 Å². The molecular formula is C22H24N4O3. The number of fused-ring (bicyclic) bond motifs is 1. The van der Waals surface area contributed by atoms with E-state index in [1.54, 1.807) is 0 Å². The number of nitrogens with one attached hydrogen (secondary N) is 1. The molecule has 2 N–H and O–H groups in total. The zero-order chi connectivity index (χ0) is 20.2. The van der Waals surface area contributed by atoms with E-state index in [4.69, 9.17) is 9.47 Å². The summed E-state index contributed by atoms with van der Waals surface area (Å²) in [7, 11) is 0. The van der Waals surface area contributed by atoms with Crippen molar-refractivity contribution in [2.75, 3.05) is 13.2 Å². The maximum absolute atomic E-state index is 9.70. The van der Waals surface area contributed by atoms with Gasteiger partial charge in [0.1, 0.15) is 5.52 Å². The third kappa shape index (κ3) is 4.36. The summed E-state index contributed by atoms with van der Waals surface area (Å²) in [5, 5.41) is 10.7. The van der Waals surface area contributed by atoms with E-state index in [1.807, 2.05) is 56.3 Å². The summed E-state index contributed by atoms with van der Waals surface area (Å²) in [6.07, 6.45) is 2.08. The van der Waals surface area contributed by atoms with Crippen molar-refractivity contribution in [1.82, 2.24) is 15.4 Å². The van der Waals surface area contributed by atoms with Gasteiger partial charge in [-0.25, -0.2) is 9.97 Å². The number of rotatable bonds is 5. The molecule has 1 unspecified atom stereocenters. The highest BCUT2D eigenvalue weighted by Gasteiger charge is 2.18. The molecule has 1 saturated heterocycles. The van der Waals surface area contributed by atoms with Crippen molar-refractivity contribution in [3.63, 3.8) is 0 Å². The lowest BCUT2D eigenvalue weighted by Gasteiger charge is -2.14. The van der Waals surface area contributed by atoms with Crippen molar-refractivity contribution in [2.45, 2.75) is 32.8 Å². The quantitative estimate of drug-likeness (QED) is 0.388. The zero-order valence-electron chi connectivity index (χ0n) is 16.6. The molecule has 1 atom stereocenters. The van der Waals surface area contributed by atoms with E-state index in [0.717, 1.165) is 41.7 Å². The molecule has 0 saturated carbocycles. The molecule has 0 spiro atoms. The highest BCUT2D eigenvalue weighted by molar-refractivity contribution is 6.00. The highest BCUT2D eigenvalue weighted by atomic mass is 16.5. The van der Waals surface area contributed by atoms with Crippen LogP contribution < -0.4 is 10.2 Å². The largest absolute Gasteiger partial charge is 0.436 e. The van der Waals surface area contributed by atoms with Gasteiger partial charge < -0.3 is 9.47 Å². The minimum atomic E-state index is 0.0753. The van der Waals surface area contributed by atoms with Crippen molar-refractivity contribution >= 4 is 16.7 Å². The second kappa shape index (κ2) is 8.55. The molecule has 1 aliphatic rings. The van der Waals surface area contributed by atoms with Crippen molar-refractivity contribution in [1.29, 1.82) is 0 Å². The van der Waals surface area contributed by atoms with Crippen LogP contribution in [-0.4, -0.2) is 40.3 Å². The number of hydroxylamine groups is 1. The Morgan fingerprint density at radius 1 is 1.17 bits per heavy atom. The van der Waals surface area contributed by atoms with Gasteiger partial charge in [-0.2, -0.15) is 0 Å². The number of pyridine rings is 2. The van der Waals surface area contributed by atoms with Crippen LogP contribution in [0.15, 0.2) is 47.5 Å². The van der Waals surface area contributed by atoms with Gasteiger partial charge in [0.15, 0.2) is 11.6 Å². The third-order valence-corrected chi connectivity index (χ3v) is 4.87. The first kappa shape index (κ1) is 19.3. The molecule has 150 valence electrons. The van der Waals surface area contributed by atoms with Gasteiger partial charge in [-0.3, -0.25) is 15.7 Å². The van der Waals surface area contributed by atoms with E-state index in [0.29, 0.717) is 29.6 Å². The summed E-state index contributed by atoms with van der Waals surface area (Å²) in [6, 6.07) is 13.4. The molecule has 7 heteroatoms. The molecule has 3 heterocycles. The van der Waals surface area contributed by atoms with Gasteiger partial charge in [-0.15, -0.1) is 0 Å². The summed E-state index contributed by atoms with van der Waals surface area (Å²) in [4.78, 5) is 13.6. The van der Waals surface area contributed by atoms with E-state index in [2.05, 4.69) is 20.4 Å². The van der Waals surface area contributed by atoms with Crippen molar-refractivity contribution < 1.29 is 14.7 Å². The van der Waals surface area contributed by atoms with Gasteiger partial charge in [0.05, 0.1) is 18.2 Å². The zero-order valence-corrected chi connectivity index (χ0v) is 16.6. The van der Waals surface area contributed by atoms with E-state index in [9.17, 15) is 5.21 Å². The molecule has 0 aliphatic carbocycles. The van der Waals surface area contributed by atoms with Gasteiger partial charge >= 0.3 is 0 Å². The Hall–Kier alpha value is -3.03. The summed E-state index contributed by atoms with van der Waals surface area (Å²) < 4.78 is 11.8. The molecule has 0 radical (unpaired) electrons. The number of benzene rings is 1. The summed E-state index contributed by atoms with van der Waals surface area (Å²) >= 11 is 0. The van der Waals surface area contributed by atoms with Gasteiger partial charge in [-0.05, 0) is 51.0 Å². The minimum absolute atomic E-state index is 0.0753. The number of hydrogen-bond acceptors (Lipinski definition) is 6. The second-order valence-electron chi connectivity index (χ2n) is 7.12. The number of aliphatic imine (C=N–C) groups is 1. The van der Waals surface area contributed by atoms with Crippen LogP contribution in [0.1, 0.15) is 29.8 Å². The molecule has 0 amide bonds. The molecule has 1 fully saturated rings. The molecule has 7 nitrogen and oxygen atoms in total. The Morgan fingerprint density at radius 2 is 2.00 bits per heavy atom. The Morgan fingerprint density at radius 3 is 2.79 bits per heavy atom. The minimum Gasteiger partial charge on any atom is -0.436 e. The first-order valence-corrected chi connectivity index (χ1v) is 9.72. The van der Waals surface area contributed by atoms with E-state index >= 15 is 0 Å². The van der Waals surface area contributed by atoms with Crippen molar-refractivity contribution in [3.8, 4) is 11.6 Å². The average molecular weight is 392 g/mol. The van der Waals surface area contributed by atoms with E-state index in [1.165, 1.54) is 0 Å². The van der Waals surface area contributed by atoms with E-state index in [-0.39, 0.29) is 6.10 Å². The standard InChI is InChI=1S/C22H24N4O3/c1-14-8-10-16-5-3-7-19(20(16)24-14)29-22-18(11-9-15(2)25-22)21(26-27)23-13-17-6-4-12-28-17/h3,5,7-11,17,27H,4,6,12-13H2,1-2H3,(H,23,26). The van der Waals surface area contributed by atoms with Crippen LogP contribution in [0, 0.1) is 13.8 Å². The first-order chi connectivity index (χ1) is 14.1. The smallest absolute Gasteiger partial charge is 0.230 e. The topological polar surface area (TPSA) is 88.9 Å². The molecule has 1 aromatic carbocycles. The molecule has 0 bridgehead atoms. The lowest BCUT2D eigenvalue weighted by atomic mass is 10.2. The van der Waals surface area contributed by atoms with Crippen LogP contribution in [0.3, 0.4) is 0 Å². The number of nitrogens with zero attached hydrogens (tertiary/aromatic N) is 3. The lowest BCUT2D eigenvalue weighted by Crippen LogP contribution is -2.24. The van der Waals surface area contributed by atoms with Gasteiger partial charge in [-0.1, -0.05) is 18.2 Å². The Bertz CT molecular complexity index is 1050. The Kier molecular flexibility index (Phi) is 5.69. The fourth-order valence-electron chi connectivity index (χ4n) is 3.36. The number of aryl methyl sites for hydroxylation is 2. The van der Waals surface area contributed by atoms with E-state index < -0.39 is 0 Å². The predicted octanol–water partition coefficient (Wildman–Crippen LogP) is 3.94. The van der Waals surface area contributed by atoms with Crippen LogP contribution in [0.4, 0.5) is 0 Å². The first-order valence-electron chi connectivity index (χ1n) is 9.72. The predicted molar refractivity (Wildman–Crippen MR) is 111 cm³/mol. The van der Waals surface area contributed by atoms with Gasteiger partial charge in [0.25, 0.3) is 0 Å². The van der Waals surface area contributed by atoms with Gasteiger partial charge in [0, 0.05) is 23.4 Å². The molecule has 29 heavy (non-hydrogen) atoms. The van der Waals surface area contributed by atoms with Crippen LogP contribution in [0.5, 0.6) is 11.6 Å². The monoisotopic (exact) mass is 392 g/mol. The summed E-state index contributed by atoms with van der Waals surface area (Å²) in [5.41, 5.74) is 5.22. The molecule has 4 rings (SSSR count). The number of aromatic nitrogens is 2. The fourth-order valence-corrected chi connectivity index (χ4v) is 3.36. The number of amidine groups is 1. The lowest BCUT2D eigenvalue weighted by molar-refractivity contribution is 0.117. The molecular weight excluding hydrogens is 368 g/mol. The number of hydrogen-bond donors (Lipinski definition) is 2. The molecule has 3 aromatic rings. The summed E-state index contributed by atoms with van der Waals surface area (Å²) in [5.74, 6) is 1.25. The highest BCUT2D eigenvalue weighted by Crippen LogP contribution is 2.30. The van der Waals surface area contributed by atoms with Crippen LogP contribution in [-0.2, 0) is 4.74 Å². The second-order valence-corrected chi connectivity index (χ2v) is 7.12. The third-order valence-electron chi connectivity index (χ3n) is 4.87. The molecule has 1 aliphatic heterocycles. The Labute approximate surface area is 169 Å². The maximum atomic E-state index is 9.70. The summed E-state index contributed by atoms with van der Waals surface area (Å²) in [6.45, 7) is 5.05. The number of ether oxygens (including phenoxy) is 2. The normalized spacial score (nSPS) is 16.9. The van der Waals surface area contributed by atoms with Crippen LogP contribution in [0.25, 0.3) is 10.9 Å². The maximum Gasteiger partial charge on any atom is 0.230 e.